The number of amidine groups is 2. The number of halogens is 5. The van der Waals surface area contributed by atoms with E-state index in [1.54, 1.807) is 0 Å². The normalized spacial score (nSPS) is 32.9. The van der Waals surface area contributed by atoms with E-state index in [0.717, 1.165) is 38.3 Å². The van der Waals surface area contributed by atoms with Gasteiger partial charge in [0, 0.05) is 36.8 Å². The number of hydrogen-bond donors (Lipinski definition) is 1. The molecule has 13 heteroatoms. The lowest BCUT2D eigenvalue weighted by Crippen LogP contribution is -2.50. The third-order valence-corrected chi connectivity index (χ3v) is 9.51. The van der Waals surface area contributed by atoms with Crippen molar-refractivity contribution in [1.82, 2.24) is 9.80 Å². The number of aliphatic imine (C=N–C) groups is 3. The molecule has 0 spiro atoms. The van der Waals surface area contributed by atoms with Crippen LogP contribution in [-0.2, 0) is 15.7 Å². The van der Waals surface area contributed by atoms with Gasteiger partial charge in [0.15, 0.2) is 12.1 Å². The quantitative estimate of drug-likeness (QED) is 0.404. The average Bonchev–Trinajstić information content (AvgIpc) is 3.60. The van der Waals surface area contributed by atoms with E-state index in [0.29, 0.717) is 38.4 Å². The molecule has 4 saturated heterocycles. The molecule has 6 heterocycles. The van der Waals surface area contributed by atoms with Gasteiger partial charge in [-0.05, 0) is 63.3 Å². The number of rotatable bonds is 3. The summed E-state index contributed by atoms with van der Waals surface area (Å²) in [7, 11) is 0. The van der Waals surface area contributed by atoms with E-state index < -0.39 is 52.7 Å². The Balaban J connectivity index is 1.33. The maximum atomic E-state index is 16.6. The Labute approximate surface area is 240 Å². The Morgan fingerprint density at radius 1 is 1.17 bits per heavy atom. The molecule has 6 aliphatic heterocycles. The Kier molecular flexibility index (Phi) is 6.61. The number of ether oxygens (including phenoxy) is 2. The van der Waals surface area contributed by atoms with Crippen molar-refractivity contribution >= 4 is 23.3 Å². The van der Waals surface area contributed by atoms with E-state index in [1.165, 1.54) is 13.0 Å². The third-order valence-electron chi connectivity index (χ3n) is 9.51. The van der Waals surface area contributed by atoms with Gasteiger partial charge in [-0.3, -0.25) is 4.90 Å². The highest BCUT2D eigenvalue weighted by atomic mass is 19.4. The monoisotopic (exact) mass is 592 g/mol. The first-order valence-corrected chi connectivity index (χ1v) is 14.6. The van der Waals surface area contributed by atoms with Gasteiger partial charge >= 0.3 is 12.2 Å². The Morgan fingerprint density at radius 2 is 2.00 bits per heavy atom. The predicted octanol–water partition coefficient (Wildman–Crippen LogP) is 4.77. The molecule has 1 aromatic rings. The molecular weight excluding hydrogens is 559 g/mol. The van der Waals surface area contributed by atoms with Gasteiger partial charge in [0.2, 0.25) is 0 Å². The highest BCUT2D eigenvalue weighted by molar-refractivity contribution is 6.15. The number of nitrogen functional groups attached to an aromatic ring is 1. The van der Waals surface area contributed by atoms with Gasteiger partial charge in [0.25, 0.3) is 0 Å². The van der Waals surface area contributed by atoms with E-state index in [9.17, 15) is 17.6 Å². The van der Waals surface area contributed by atoms with Crippen LogP contribution in [0, 0.1) is 12.8 Å². The van der Waals surface area contributed by atoms with E-state index in [-0.39, 0.29) is 35.6 Å². The summed E-state index contributed by atoms with van der Waals surface area (Å²) in [6.45, 7) is 3.55. The maximum Gasteiger partial charge on any atom is 0.417 e. The first kappa shape index (κ1) is 27.8. The highest BCUT2D eigenvalue weighted by Gasteiger charge is 2.51. The van der Waals surface area contributed by atoms with Crippen molar-refractivity contribution in [3.05, 3.63) is 40.3 Å². The number of alkyl halides is 4. The molecule has 0 saturated carbocycles. The standard InChI is InChI=1S/C29H33F5N6O2/c1-15-10-17(35)11-19(21(15)29(32,33)34)23-22(31)24-20-25(40-8-2-4-18(40)5-9-41-26(20)36-23)38-27(37-24)42-14-28-6-3-7-39(28)13-16(30)12-28/h10-11,16,18,20,26H,2-9,12-14,35H2,1H3/t16-,18-,20?,26?,28+/m1/s1. The summed E-state index contributed by atoms with van der Waals surface area (Å²) in [6.07, 6.45) is -2.23. The Bertz CT molecular complexity index is 1420. The fourth-order valence-electron chi connectivity index (χ4n) is 7.73. The summed E-state index contributed by atoms with van der Waals surface area (Å²) in [6, 6.07) is 2.34. The zero-order valence-corrected chi connectivity index (χ0v) is 23.3. The lowest BCUT2D eigenvalue weighted by atomic mass is 9.89. The van der Waals surface area contributed by atoms with Gasteiger partial charge in [-0.25, -0.2) is 13.8 Å². The summed E-state index contributed by atoms with van der Waals surface area (Å²) < 4.78 is 85.9. The van der Waals surface area contributed by atoms with Crippen LogP contribution in [0.4, 0.5) is 27.6 Å². The Morgan fingerprint density at radius 3 is 2.81 bits per heavy atom. The number of dihydropyridines is 1. The molecule has 0 aromatic heterocycles. The van der Waals surface area contributed by atoms with Gasteiger partial charge < -0.3 is 20.1 Å². The fraction of sp³-hybridized carbons (Fsp3) is 0.621. The summed E-state index contributed by atoms with van der Waals surface area (Å²) in [5, 5.41) is 0. The van der Waals surface area contributed by atoms with Gasteiger partial charge in [0.05, 0.1) is 23.4 Å². The first-order valence-electron chi connectivity index (χ1n) is 14.6. The molecule has 0 amide bonds. The minimum absolute atomic E-state index is 0.0538. The topological polar surface area (TPSA) is 88.0 Å². The summed E-state index contributed by atoms with van der Waals surface area (Å²) in [4.78, 5) is 17.9. The predicted molar refractivity (Wildman–Crippen MR) is 147 cm³/mol. The summed E-state index contributed by atoms with van der Waals surface area (Å²) >= 11 is 0. The first-order chi connectivity index (χ1) is 20.0. The van der Waals surface area contributed by atoms with Crippen molar-refractivity contribution in [2.75, 3.05) is 38.6 Å². The molecule has 42 heavy (non-hydrogen) atoms. The molecule has 8 nitrogen and oxygen atoms in total. The molecule has 6 aliphatic rings. The molecule has 4 fully saturated rings. The fourth-order valence-corrected chi connectivity index (χ4v) is 7.73. The smallest absolute Gasteiger partial charge is 0.417 e. The van der Waals surface area contributed by atoms with Crippen molar-refractivity contribution in [3.8, 4) is 0 Å². The number of fused-ring (bicyclic) bond motifs is 3. The molecule has 2 unspecified atom stereocenters. The van der Waals surface area contributed by atoms with E-state index >= 15 is 4.39 Å². The van der Waals surface area contributed by atoms with Crippen LogP contribution in [-0.4, -0.2) is 84.2 Å². The van der Waals surface area contributed by atoms with Gasteiger partial charge in [0.1, 0.15) is 30.2 Å². The molecule has 0 aliphatic carbocycles. The summed E-state index contributed by atoms with van der Waals surface area (Å²) in [5.41, 5.74) is 3.27. The third kappa shape index (κ3) is 4.50. The van der Waals surface area contributed by atoms with Crippen LogP contribution in [0.15, 0.2) is 38.6 Å². The van der Waals surface area contributed by atoms with Crippen molar-refractivity contribution in [3.63, 3.8) is 0 Å². The van der Waals surface area contributed by atoms with Crippen LogP contribution in [0.3, 0.4) is 0 Å². The zero-order valence-electron chi connectivity index (χ0n) is 23.3. The number of nitrogens with two attached hydrogens (primary N) is 1. The Hall–Kier alpha value is -3.06. The molecule has 5 atom stereocenters. The lowest BCUT2D eigenvalue weighted by molar-refractivity contribution is -0.138. The minimum Gasteiger partial charge on any atom is -0.461 e. The highest BCUT2D eigenvalue weighted by Crippen LogP contribution is 2.44. The van der Waals surface area contributed by atoms with Crippen LogP contribution in [0.25, 0.3) is 0 Å². The average molecular weight is 593 g/mol. The van der Waals surface area contributed by atoms with Gasteiger partial charge in [-0.2, -0.15) is 23.2 Å². The van der Waals surface area contributed by atoms with Crippen LogP contribution in [0.5, 0.6) is 0 Å². The minimum atomic E-state index is -4.78. The van der Waals surface area contributed by atoms with Gasteiger partial charge in [-0.1, -0.05) is 0 Å². The molecule has 0 radical (unpaired) electrons. The molecule has 0 bridgehead atoms. The van der Waals surface area contributed by atoms with Crippen LogP contribution < -0.4 is 5.73 Å². The number of hydrogen-bond acceptors (Lipinski definition) is 8. The number of benzene rings is 1. The molecular formula is C29H33F5N6O2. The molecule has 2 N–H and O–H groups in total. The zero-order chi connectivity index (χ0) is 29.4. The number of nitrogens with zero attached hydrogens (tertiary/aromatic N) is 5. The second-order valence-corrected chi connectivity index (χ2v) is 12.2. The largest absolute Gasteiger partial charge is 0.461 e. The maximum absolute atomic E-state index is 16.6. The second-order valence-electron chi connectivity index (χ2n) is 12.2. The number of aryl methyl sites for hydroxylation is 1. The van der Waals surface area contributed by atoms with Crippen LogP contribution >= 0.6 is 0 Å². The van der Waals surface area contributed by atoms with Crippen molar-refractivity contribution in [2.45, 2.75) is 75.6 Å². The van der Waals surface area contributed by atoms with Crippen LogP contribution in [0.2, 0.25) is 0 Å². The molecule has 7 rings (SSSR count). The molecule has 226 valence electrons. The van der Waals surface area contributed by atoms with E-state index in [4.69, 9.17) is 20.2 Å². The lowest BCUT2D eigenvalue weighted by Gasteiger charge is -2.41. The van der Waals surface area contributed by atoms with Crippen molar-refractivity contribution in [1.29, 1.82) is 0 Å². The number of allylic oxidation sites excluding steroid dienone is 1. The van der Waals surface area contributed by atoms with Crippen LogP contribution in [0.1, 0.15) is 55.2 Å². The number of anilines is 1. The van der Waals surface area contributed by atoms with E-state index in [2.05, 4.69) is 19.8 Å². The van der Waals surface area contributed by atoms with E-state index in [1.807, 2.05) is 0 Å². The van der Waals surface area contributed by atoms with Crippen molar-refractivity contribution in [2.24, 2.45) is 20.9 Å². The molecule has 1 aromatic carbocycles. The van der Waals surface area contributed by atoms with Gasteiger partial charge in [-0.15, -0.1) is 0 Å². The van der Waals surface area contributed by atoms with Crippen molar-refractivity contribution < 1.29 is 31.4 Å². The second kappa shape index (κ2) is 10.0. The SMILES string of the molecule is Cc1cc(N)cc(C2=NC3OCC[C@H]4CCCN4C4=NC(OC[C@@]56CCCN5C[C@H](F)C6)=NC(=C2F)C43)c1C(F)(F)F. The summed E-state index contributed by atoms with van der Waals surface area (Å²) in [5.74, 6) is -1.35.